The van der Waals surface area contributed by atoms with Crippen LogP contribution in [0.5, 0.6) is 0 Å². The van der Waals surface area contributed by atoms with Crippen molar-refractivity contribution in [3.05, 3.63) is 35.4 Å². The van der Waals surface area contributed by atoms with E-state index in [4.69, 9.17) is 5.73 Å². The van der Waals surface area contributed by atoms with Crippen LogP contribution in [0.1, 0.15) is 30.1 Å². The van der Waals surface area contributed by atoms with E-state index in [-0.39, 0.29) is 6.04 Å². The molecule has 0 fully saturated rings. The van der Waals surface area contributed by atoms with E-state index < -0.39 is 23.1 Å². The SMILES string of the molecule is CC(CCCN)NC(=O)c1c(F)cccc1F. The summed E-state index contributed by atoms with van der Waals surface area (Å²) in [4.78, 5) is 11.6. The molecular formula is C12H16F2N2O. The molecule has 3 nitrogen and oxygen atoms in total. The molecule has 1 atom stereocenters. The average molecular weight is 242 g/mol. The summed E-state index contributed by atoms with van der Waals surface area (Å²) in [6, 6.07) is 3.18. The molecule has 17 heavy (non-hydrogen) atoms. The Labute approximate surface area is 99.0 Å². The minimum Gasteiger partial charge on any atom is -0.349 e. The highest BCUT2D eigenvalue weighted by molar-refractivity contribution is 5.94. The van der Waals surface area contributed by atoms with E-state index >= 15 is 0 Å². The van der Waals surface area contributed by atoms with Crippen molar-refractivity contribution in [2.24, 2.45) is 5.73 Å². The fraction of sp³-hybridized carbons (Fsp3) is 0.417. The zero-order chi connectivity index (χ0) is 12.8. The van der Waals surface area contributed by atoms with Gasteiger partial charge in [0, 0.05) is 6.04 Å². The molecule has 1 unspecified atom stereocenters. The predicted octanol–water partition coefficient (Wildman–Crippen LogP) is 1.82. The minimum absolute atomic E-state index is 0.162. The van der Waals surface area contributed by atoms with Crippen LogP contribution < -0.4 is 11.1 Å². The summed E-state index contributed by atoms with van der Waals surface area (Å²) in [6.07, 6.45) is 1.43. The van der Waals surface area contributed by atoms with E-state index in [2.05, 4.69) is 5.32 Å². The normalized spacial score (nSPS) is 12.2. The highest BCUT2D eigenvalue weighted by atomic mass is 19.1. The van der Waals surface area contributed by atoms with Crippen molar-refractivity contribution >= 4 is 5.91 Å². The van der Waals surface area contributed by atoms with Gasteiger partial charge in [-0.2, -0.15) is 0 Å². The second kappa shape index (κ2) is 6.30. The smallest absolute Gasteiger partial charge is 0.257 e. The minimum atomic E-state index is -0.853. The largest absolute Gasteiger partial charge is 0.349 e. The summed E-state index contributed by atoms with van der Waals surface area (Å²) in [6.45, 7) is 2.29. The second-order valence-corrected chi connectivity index (χ2v) is 3.90. The molecule has 0 saturated heterocycles. The van der Waals surface area contributed by atoms with Crippen LogP contribution in [0.15, 0.2) is 18.2 Å². The van der Waals surface area contributed by atoms with Crippen molar-refractivity contribution < 1.29 is 13.6 Å². The molecule has 0 aliphatic rings. The third-order valence-electron chi connectivity index (χ3n) is 2.41. The fourth-order valence-corrected chi connectivity index (χ4v) is 1.51. The molecule has 94 valence electrons. The Bertz CT molecular complexity index is 376. The van der Waals surface area contributed by atoms with Crippen LogP contribution in [-0.2, 0) is 0 Å². The molecule has 0 spiro atoms. The lowest BCUT2D eigenvalue weighted by Gasteiger charge is -2.13. The summed E-state index contributed by atoms with van der Waals surface area (Å²) in [7, 11) is 0. The first kappa shape index (κ1) is 13.6. The molecule has 3 N–H and O–H groups in total. The van der Waals surface area contributed by atoms with Gasteiger partial charge in [-0.3, -0.25) is 4.79 Å². The summed E-state index contributed by atoms with van der Waals surface area (Å²) in [5.41, 5.74) is 4.80. The van der Waals surface area contributed by atoms with Crippen LogP contribution in [-0.4, -0.2) is 18.5 Å². The Morgan fingerprint density at radius 1 is 1.41 bits per heavy atom. The van der Waals surface area contributed by atoms with Crippen molar-refractivity contribution in [3.8, 4) is 0 Å². The number of amides is 1. The lowest BCUT2D eigenvalue weighted by molar-refractivity contribution is 0.0929. The first-order valence-electron chi connectivity index (χ1n) is 5.51. The van der Waals surface area contributed by atoms with Gasteiger partial charge in [-0.1, -0.05) is 6.07 Å². The number of nitrogens with two attached hydrogens (primary N) is 1. The number of benzene rings is 1. The van der Waals surface area contributed by atoms with Crippen LogP contribution in [0.25, 0.3) is 0 Å². The molecule has 1 rings (SSSR count). The zero-order valence-electron chi connectivity index (χ0n) is 9.67. The first-order valence-corrected chi connectivity index (χ1v) is 5.51. The lowest BCUT2D eigenvalue weighted by Crippen LogP contribution is -2.34. The van der Waals surface area contributed by atoms with Crippen LogP contribution in [0.2, 0.25) is 0 Å². The van der Waals surface area contributed by atoms with Gasteiger partial charge in [-0.25, -0.2) is 8.78 Å². The molecule has 1 amide bonds. The van der Waals surface area contributed by atoms with Gasteiger partial charge >= 0.3 is 0 Å². The second-order valence-electron chi connectivity index (χ2n) is 3.90. The van der Waals surface area contributed by atoms with Crippen molar-refractivity contribution in [2.45, 2.75) is 25.8 Å². The highest BCUT2D eigenvalue weighted by Crippen LogP contribution is 2.12. The molecule has 1 aromatic rings. The van der Waals surface area contributed by atoms with E-state index in [0.717, 1.165) is 18.6 Å². The zero-order valence-corrected chi connectivity index (χ0v) is 9.67. The number of carbonyl (C=O) groups is 1. The van der Waals surface area contributed by atoms with Crippen LogP contribution in [0.3, 0.4) is 0 Å². The van der Waals surface area contributed by atoms with Gasteiger partial charge in [-0.05, 0) is 38.4 Å². The van der Waals surface area contributed by atoms with Crippen molar-refractivity contribution in [2.75, 3.05) is 6.54 Å². The van der Waals surface area contributed by atoms with E-state index in [9.17, 15) is 13.6 Å². The third kappa shape index (κ3) is 3.78. The monoisotopic (exact) mass is 242 g/mol. The molecule has 1 aromatic carbocycles. The molecule has 0 aromatic heterocycles. The maximum atomic E-state index is 13.3. The molecule has 5 heteroatoms. The molecule has 0 saturated carbocycles. The van der Waals surface area contributed by atoms with Gasteiger partial charge in [0.15, 0.2) is 0 Å². The first-order chi connectivity index (χ1) is 8.06. The quantitative estimate of drug-likeness (QED) is 0.827. The molecule has 0 heterocycles. The van der Waals surface area contributed by atoms with E-state index in [1.807, 2.05) is 0 Å². The van der Waals surface area contributed by atoms with Crippen LogP contribution in [0.4, 0.5) is 8.78 Å². The summed E-state index contributed by atoms with van der Waals surface area (Å²) in [5, 5.41) is 2.54. The maximum absolute atomic E-state index is 13.3. The van der Waals surface area contributed by atoms with Gasteiger partial charge in [0.2, 0.25) is 0 Å². The summed E-state index contributed by atoms with van der Waals surface area (Å²) < 4.78 is 26.6. The van der Waals surface area contributed by atoms with E-state index in [1.54, 1.807) is 6.92 Å². The highest BCUT2D eigenvalue weighted by Gasteiger charge is 2.18. The Morgan fingerprint density at radius 3 is 2.53 bits per heavy atom. The van der Waals surface area contributed by atoms with Gasteiger partial charge < -0.3 is 11.1 Å². The van der Waals surface area contributed by atoms with E-state index in [1.165, 1.54) is 6.07 Å². The fourth-order valence-electron chi connectivity index (χ4n) is 1.51. The van der Waals surface area contributed by atoms with Crippen LogP contribution >= 0.6 is 0 Å². The number of nitrogens with one attached hydrogen (secondary N) is 1. The van der Waals surface area contributed by atoms with Crippen molar-refractivity contribution in [1.29, 1.82) is 0 Å². The topological polar surface area (TPSA) is 55.1 Å². The van der Waals surface area contributed by atoms with Crippen molar-refractivity contribution in [1.82, 2.24) is 5.32 Å². The third-order valence-corrected chi connectivity index (χ3v) is 2.41. The molecular weight excluding hydrogens is 226 g/mol. The molecule has 0 bridgehead atoms. The number of carbonyl (C=O) groups excluding carboxylic acids is 1. The number of hydrogen-bond acceptors (Lipinski definition) is 2. The molecule has 0 aliphatic carbocycles. The van der Waals surface area contributed by atoms with Gasteiger partial charge in [-0.15, -0.1) is 0 Å². The molecule has 0 radical (unpaired) electrons. The number of hydrogen-bond donors (Lipinski definition) is 2. The Kier molecular flexibility index (Phi) is 5.03. The average Bonchev–Trinajstić information content (AvgIpc) is 2.26. The van der Waals surface area contributed by atoms with E-state index in [0.29, 0.717) is 13.0 Å². The van der Waals surface area contributed by atoms with Crippen LogP contribution in [0, 0.1) is 11.6 Å². The van der Waals surface area contributed by atoms with Gasteiger partial charge in [0.05, 0.1) is 0 Å². The standard InChI is InChI=1S/C12H16F2N2O/c1-8(4-3-7-15)16-12(17)11-9(13)5-2-6-10(11)14/h2,5-6,8H,3-4,7,15H2,1H3,(H,16,17). The maximum Gasteiger partial charge on any atom is 0.257 e. The molecule has 0 aliphatic heterocycles. The number of rotatable bonds is 5. The Morgan fingerprint density at radius 2 is 2.00 bits per heavy atom. The Hall–Kier alpha value is -1.49. The predicted molar refractivity (Wildman–Crippen MR) is 61.6 cm³/mol. The van der Waals surface area contributed by atoms with Gasteiger partial charge in [0.1, 0.15) is 17.2 Å². The summed E-state index contributed by atoms with van der Waals surface area (Å²) >= 11 is 0. The van der Waals surface area contributed by atoms with Crippen molar-refractivity contribution in [3.63, 3.8) is 0 Å². The Balaban J connectivity index is 2.70. The van der Waals surface area contributed by atoms with Gasteiger partial charge in [0.25, 0.3) is 5.91 Å². The lowest BCUT2D eigenvalue weighted by atomic mass is 10.1. The summed E-state index contributed by atoms with van der Waals surface area (Å²) in [5.74, 6) is -2.44. The number of halogens is 2.